The minimum atomic E-state index is -3.75. The predicted molar refractivity (Wildman–Crippen MR) is 131 cm³/mol. The topological polar surface area (TPSA) is 71.7 Å². The first-order valence-electron chi connectivity index (χ1n) is 11.2. The van der Waals surface area contributed by atoms with Crippen molar-refractivity contribution >= 4 is 20.9 Å². The zero-order chi connectivity index (χ0) is 24.1. The minimum absolute atomic E-state index is 0.141. The summed E-state index contributed by atoms with van der Waals surface area (Å²) in [4.78, 5) is 0.251. The molecule has 0 radical (unpaired) electrons. The quantitative estimate of drug-likeness (QED) is 0.399. The van der Waals surface area contributed by atoms with E-state index < -0.39 is 15.8 Å². The highest BCUT2D eigenvalue weighted by Crippen LogP contribution is 2.35. The van der Waals surface area contributed by atoms with Crippen LogP contribution in [0.1, 0.15) is 19.4 Å². The van der Waals surface area contributed by atoms with Crippen molar-refractivity contribution in [3.63, 3.8) is 0 Å². The van der Waals surface area contributed by atoms with Gasteiger partial charge in [0.05, 0.1) is 17.2 Å². The van der Waals surface area contributed by atoms with Gasteiger partial charge in [-0.1, -0.05) is 17.7 Å². The van der Waals surface area contributed by atoms with Crippen LogP contribution in [0.4, 0.5) is 0 Å². The number of rotatable bonds is 6. The van der Waals surface area contributed by atoms with Crippen LogP contribution in [-0.2, 0) is 26.5 Å². The van der Waals surface area contributed by atoms with Gasteiger partial charge in [-0.05, 0) is 63.2 Å². The minimum Gasteiger partial charge on any atom is -0.491 e. The molecule has 1 aliphatic rings. The van der Waals surface area contributed by atoms with Gasteiger partial charge in [-0.25, -0.2) is 12.4 Å². The van der Waals surface area contributed by atoms with Crippen molar-refractivity contribution in [2.75, 3.05) is 13.2 Å². The molecule has 8 heteroatoms. The Morgan fingerprint density at radius 3 is 2.59 bits per heavy atom. The molecule has 1 aliphatic heterocycles. The molecule has 7 nitrogen and oxygen atoms in total. The molecule has 2 aromatic carbocycles. The Balaban J connectivity index is 1.50. The largest absolute Gasteiger partial charge is 0.491 e. The van der Waals surface area contributed by atoms with Gasteiger partial charge in [0, 0.05) is 35.9 Å². The number of aromatic nitrogens is 2. The summed E-state index contributed by atoms with van der Waals surface area (Å²) < 4.78 is 47.6. The third-order valence-corrected chi connectivity index (χ3v) is 7.74. The van der Waals surface area contributed by atoms with E-state index in [-0.39, 0.29) is 11.0 Å². The summed E-state index contributed by atoms with van der Waals surface area (Å²) in [5, 5.41) is 0.906. The normalized spacial score (nSPS) is 17.9. The van der Waals surface area contributed by atoms with Gasteiger partial charge in [-0.2, -0.15) is 0 Å². The third-order valence-electron chi connectivity index (χ3n) is 6.03. The van der Waals surface area contributed by atoms with E-state index in [4.69, 9.17) is 14.2 Å². The zero-order valence-corrected chi connectivity index (χ0v) is 20.5. The van der Waals surface area contributed by atoms with Gasteiger partial charge in [-0.3, -0.25) is 0 Å². The molecule has 0 amide bonds. The summed E-state index contributed by atoms with van der Waals surface area (Å²) in [7, 11) is -1.80. The number of fused-ring (bicyclic) bond motifs is 1. The summed E-state index contributed by atoms with van der Waals surface area (Å²) in [5.41, 5.74) is 3.39. The SMILES string of the molecule is Cc1ccc(S(=O)(=O)n2cccc2-c2cn(C)c3ccc(OC[C@@H]4COC(C)(C)O4)cc23)cc1. The van der Waals surface area contributed by atoms with Gasteiger partial charge in [0.1, 0.15) is 18.5 Å². The fourth-order valence-electron chi connectivity index (χ4n) is 4.31. The molecule has 1 atom stereocenters. The molecule has 0 spiro atoms. The van der Waals surface area contributed by atoms with Crippen LogP contribution < -0.4 is 4.74 Å². The van der Waals surface area contributed by atoms with Gasteiger partial charge < -0.3 is 18.8 Å². The molecule has 34 heavy (non-hydrogen) atoms. The first kappa shape index (κ1) is 22.7. The molecule has 5 rings (SSSR count). The Hall–Kier alpha value is -3.07. The average molecular weight is 481 g/mol. The summed E-state index contributed by atoms with van der Waals surface area (Å²) in [6.45, 7) is 6.55. The number of nitrogens with zero attached hydrogens (tertiary/aromatic N) is 2. The maximum absolute atomic E-state index is 13.4. The highest BCUT2D eigenvalue weighted by Gasteiger charge is 2.33. The van der Waals surface area contributed by atoms with Crippen molar-refractivity contribution in [2.45, 2.75) is 37.6 Å². The molecule has 2 aromatic heterocycles. The van der Waals surface area contributed by atoms with Crippen LogP contribution in [-0.4, -0.2) is 42.1 Å². The molecule has 1 saturated heterocycles. The van der Waals surface area contributed by atoms with Crippen molar-refractivity contribution in [1.29, 1.82) is 0 Å². The number of ether oxygens (including phenoxy) is 3. The second kappa shape index (κ2) is 8.30. The molecular formula is C26H28N2O5S. The van der Waals surface area contributed by atoms with E-state index in [1.54, 1.807) is 36.5 Å². The lowest BCUT2D eigenvalue weighted by molar-refractivity contribution is -0.141. The Kier molecular flexibility index (Phi) is 5.55. The van der Waals surface area contributed by atoms with E-state index in [9.17, 15) is 8.42 Å². The highest BCUT2D eigenvalue weighted by atomic mass is 32.2. The van der Waals surface area contributed by atoms with E-state index >= 15 is 0 Å². The molecule has 0 aliphatic carbocycles. The first-order valence-corrected chi connectivity index (χ1v) is 12.6. The molecule has 178 valence electrons. The third kappa shape index (κ3) is 4.13. The average Bonchev–Trinajstić information content (AvgIpc) is 3.50. The second-order valence-electron chi connectivity index (χ2n) is 9.10. The van der Waals surface area contributed by atoms with Crippen molar-refractivity contribution in [2.24, 2.45) is 7.05 Å². The van der Waals surface area contributed by atoms with Crippen LogP contribution in [0, 0.1) is 6.92 Å². The molecule has 0 unspecified atom stereocenters. The van der Waals surface area contributed by atoms with E-state index in [2.05, 4.69) is 0 Å². The van der Waals surface area contributed by atoms with Crippen LogP contribution in [0.3, 0.4) is 0 Å². The van der Waals surface area contributed by atoms with Crippen molar-refractivity contribution in [3.05, 3.63) is 72.6 Å². The fraction of sp³-hybridized carbons (Fsp3) is 0.308. The molecule has 0 saturated carbocycles. The highest BCUT2D eigenvalue weighted by molar-refractivity contribution is 7.90. The van der Waals surface area contributed by atoms with Crippen LogP contribution in [0.2, 0.25) is 0 Å². The van der Waals surface area contributed by atoms with Crippen molar-refractivity contribution in [3.8, 4) is 17.0 Å². The number of hydrogen-bond acceptors (Lipinski definition) is 5. The monoisotopic (exact) mass is 480 g/mol. The molecule has 1 fully saturated rings. The molecular weight excluding hydrogens is 452 g/mol. The Labute approximate surface area is 199 Å². The van der Waals surface area contributed by atoms with Gasteiger partial charge in [0.25, 0.3) is 10.0 Å². The number of benzene rings is 2. The standard InChI is InChI=1S/C26H28N2O5S/c1-18-7-10-21(11-8-18)34(29,30)28-13-5-6-25(28)23-15-27(4)24-12-9-19(14-22(23)24)31-16-20-17-32-26(2,3)33-20/h5-15,20H,16-17H2,1-4H3/t20-/m1/s1. The van der Waals surface area contributed by atoms with E-state index in [1.807, 2.05) is 62.8 Å². The Morgan fingerprint density at radius 2 is 1.88 bits per heavy atom. The smallest absolute Gasteiger partial charge is 0.268 e. The van der Waals surface area contributed by atoms with Crippen molar-refractivity contribution < 1.29 is 22.6 Å². The molecule has 0 bridgehead atoms. The van der Waals surface area contributed by atoms with Crippen LogP contribution in [0.15, 0.2) is 71.9 Å². The Bertz CT molecular complexity index is 1450. The predicted octanol–water partition coefficient (Wildman–Crippen LogP) is 4.72. The first-order chi connectivity index (χ1) is 16.1. The lowest BCUT2D eigenvalue weighted by atomic mass is 10.1. The van der Waals surface area contributed by atoms with Crippen LogP contribution in [0.5, 0.6) is 5.75 Å². The summed E-state index contributed by atoms with van der Waals surface area (Å²) >= 11 is 0. The van der Waals surface area contributed by atoms with Gasteiger partial charge >= 0.3 is 0 Å². The number of hydrogen-bond donors (Lipinski definition) is 0. The fourth-order valence-corrected chi connectivity index (χ4v) is 5.66. The molecule has 3 heterocycles. The summed E-state index contributed by atoms with van der Waals surface area (Å²) in [6, 6.07) is 16.3. The van der Waals surface area contributed by atoms with Gasteiger partial charge in [-0.15, -0.1) is 0 Å². The lowest BCUT2D eigenvalue weighted by Gasteiger charge is -2.17. The van der Waals surface area contributed by atoms with E-state index in [0.717, 1.165) is 22.0 Å². The lowest BCUT2D eigenvalue weighted by Crippen LogP contribution is -2.25. The van der Waals surface area contributed by atoms with Crippen molar-refractivity contribution in [1.82, 2.24) is 8.54 Å². The summed E-state index contributed by atoms with van der Waals surface area (Å²) in [5.74, 6) is 0.0895. The molecule has 4 aromatic rings. The second-order valence-corrected chi connectivity index (χ2v) is 10.9. The van der Waals surface area contributed by atoms with E-state index in [0.29, 0.717) is 24.7 Å². The van der Waals surface area contributed by atoms with Crippen LogP contribution in [0.25, 0.3) is 22.2 Å². The van der Waals surface area contributed by atoms with Gasteiger partial charge in [0.2, 0.25) is 0 Å². The Morgan fingerprint density at radius 1 is 1.12 bits per heavy atom. The zero-order valence-electron chi connectivity index (χ0n) is 19.7. The molecule has 0 N–H and O–H groups in total. The van der Waals surface area contributed by atoms with E-state index in [1.165, 1.54) is 3.97 Å². The maximum atomic E-state index is 13.4. The maximum Gasteiger partial charge on any atom is 0.268 e. The number of aryl methyl sites for hydroxylation is 2. The van der Waals surface area contributed by atoms with Gasteiger partial charge in [0.15, 0.2) is 5.79 Å². The van der Waals surface area contributed by atoms with Crippen LogP contribution >= 0.6 is 0 Å². The summed E-state index contributed by atoms with van der Waals surface area (Å²) in [6.07, 6.45) is 3.39.